The lowest BCUT2D eigenvalue weighted by atomic mass is 10.0. The molecule has 86 valence electrons. The largest absolute Gasteiger partial charge is 0.369 e. The number of para-hydroxylation sites is 1. The number of nitrogens with one attached hydrogen (secondary N) is 1. The molecule has 2 amide bonds. The van der Waals surface area contributed by atoms with E-state index in [4.69, 9.17) is 5.73 Å². The van der Waals surface area contributed by atoms with Crippen LogP contribution in [0.5, 0.6) is 0 Å². The molecule has 0 aromatic heterocycles. The third-order valence-corrected chi connectivity index (χ3v) is 2.28. The van der Waals surface area contributed by atoms with Crippen molar-refractivity contribution in [3.8, 4) is 0 Å². The quantitative estimate of drug-likeness (QED) is 0.738. The third-order valence-electron chi connectivity index (χ3n) is 2.28. The van der Waals surface area contributed by atoms with Crippen molar-refractivity contribution >= 4 is 17.5 Å². The highest BCUT2D eigenvalue weighted by Gasteiger charge is 2.23. The van der Waals surface area contributed by atoms with Crippen molar-refractivity contribution in [2.75, 3.05) is 5.32 Å². The number of carbonyl (C=O) groups excluding carboxylic acids is 2. The van der Waals surface area contributed by atoms with Crippen LogP contribution >= 0.6 is 0 Å². The number of benzene rings is 1. The molecule has 0 spiro atoms. The van der Waals surface area contributed by atoms with Gasteiger partial charge in [0.05, 0.1) is 0 Å². The predicted octanol–water partition coefficient (Wildman–Crippen LogP) is 1.53. The Morgan fingerprint density at radius 1 is 1.31 bits per heavy atom. The van der Waals surface area contributed by atoms with Crippen LogP contribution in [0.15, 0.2) is 30.3 Å². The highest BCUT2D eigenvalue weighted by molar-refractivity contribution is 6.05. The van der Waals surface area contributed by atoms with E-state index in [-0.39, 0.29) is 5.91 Å². The fourth-order valence-corrected chi connectivity index (χ4v) is 1.44. The zero-order chi connectivity index (χ0) is 12.0. The fraction of sp³-hybridized carbons (Fsp3) is 0.333. The first-order valence-corrected chi connectivity index (χ1v) is 5.30. The standard InChI is InChI=1S/C12H16N2O2/c1-2-6-10(11(13)15)12(16)14-9-7-4-3-5-8-9/h3-5,7-8,10H,2,6H2,1H3,(H2,13,15)(H,14,16). The number of carbonyl (C=O) groups is 2. The van der Waals surface area contributed by atoms with Crippen LogP contribution in [0.25, 0.3) is 0 Å². The molecule has 16 heavy (non-hydrogen) atoms. The first-order valence-electron chi connectivity index (χ1n) is 5.30. The zero-order valence-corrected chi connectivity index (χ0v) is 9.27. The lowest BCUT2D eigenvalue weighted by molar-refractivity contribution is -0.130. The molecule has 1 aromatic carbocycles. The van der Waals surface area contributed by atoms with E-state index in [1.807, 2.05) is 25.1 Å². The Labute approximate surface area is 94.8 Å². The van der Waals surface area contributed by atoms with Crippen molar-refractivity contribution in [2.45, 2.75) is 19.8 Å². The van der Waals surface area contributed by atoms with Gasteiger partial charge in [0.25, 0.3) is 0 Å². The van der Waals surface area contributed by atoms with Gasteiger partial charge >= 0.3 is 0 Å². The Morgan fingerprint density at radius 3 is 2.44 bits per heavy atom. The van der Waals surface area contributed by atoms with Gasteiger partial charge in [0.15, 0.2) is 0 Å². The summed E-state index contributed by atoms with van der Waals surface area (Å²) in [6.07, 6.45) is 1.23. The molecule has 0 fully saturated rings. The summed E-state index contributed by atoms with van der Waals surface area (Å²) in [7, 11) is 0. The molecule has 0 radical (unpaired) electrons. The summed E-state index contributed by atoms with van der Waals surface area (Å²) in [6, 6.07) is 9.01. The summed E-state index contributed by atoms with van der Waals surface area (Å²) in [4.78, 5) is 22.8. The Morgan fingerprint density at radius 2 is 1.94 bits per heavy atom. The topological polar surface area (TPSA) is 72.2 Å². The van der Waals surface area contributed by atoms with Gasteiger partial charge in [0.2, 0.25) is 11.8 Å². The van der Waals surface area contributed by atoms with E-state index in [0.29, 0.717) is 12.1 Å². The third kappa shape index (κ3) is 3.38. The van der Waals surface area contributed by atoms with Gasteiger partial charge in [-0.25, -0.2) is 0 Å². The van der Waals surface area contributed by atoms with Gasteiger partial charge in [-0.05, 0) is 18.6 Å². The monoisotopic (exact) mass is 220 g/mol. The number of hydrogen-bond donors (Lipinski definition) is 2. The van der Waals surface area contributed by atoms with E-state index in [9.17, 15) is 9.59 Å². The van der Waals surface area contributed by atoms with Crippen LogP contribution in [-0.2, 0) is 9.59 Å². The smallest absolute Gasteiger partial charge is 0.236 e. The van der Waals surface area contributed by atoms with Crippen molar-refractivity contribution in [3.63, 3.8) is 0 Å². The van der Waals surface area contributed by atoms with E-state index in [1.54, 1.807) is 12.1 Å². The maximum Gasteiger partial charge on any atom is 0.236 e. The molecule has 3 N–H and O–H groups in total. The summed E-state index contributed by atoms with van der Waals surface area (Å²) in [5, 5.41) is 2.67. The predicted molar refractivity (Wildman–Crippen MR) is 62.7 cm³/mol. The van der Waals surface area contributed by atoms with Gasteiger partial charge in [-0.1, -0.05) is 31.5 Å². The lowest BCUT2D eigenvalue weighted by Crippen LogP contribution is -2.34. The zero-order valence-electron chi connectivity index (χ0n) is 9.27. The minimum atomic E-state index is -0.745. The minimum Gasteiger partial charge on any atom is -0.369 e. The summed E-state index contributed by atoms with van der Waals surface area (Å²) >= 11 is 0. The van der Waals surface area contributed by atoms with Gasteiger partial charge in [-0.3, -0.25) is 9.59 Å². The summed E-state index contributed by atoms with van der Waals surface area (Å²) in [5.41, 5.74) is 5.85. The second-order valence-electron chi connectivity index (χ2n) is 3.60. The molecule has 4 heteroatoms. The number of amides is 2. The molecular formula is C12H16N2O2. The second-order valence-corrected chi connectivity index (χ2v) is 3.60. The Balaban J connectivity index is 2.66. The van der Waals surface area contributed by atoms with E-state index in [1.165, 1.54) is 0 Å². The molecule has 1 rings (SSSR count). The Kier molecular flexibility index (Phi) is 4.51. The summed E-state index contributed by atoms with van der Waals surface area (Å²) in [5.74, 6) is -1.65. The van der Waals surface area contributed by atoms with Crippen LogP contribution in [0, 0.1) is 5.92 Å². The van der Waals surface area contributed by atoms with Crippen LogP contribution in [0.3, 0.4) is 0 Å². The van der Waals surface area contributed by atoms with Crippen molar-refractivity contribution < 1.29 is 9.59 Å². The molecule has 0 saturated carbocycles. The van der Waals surface area contributed by atoms with Crippen LogP contribution in [0.1, 0.15) is 19.8 Å². The second kappa shape index (κ2) is 5.90. The highest BCUT2D eigenvalue weighted by atomic mass is 16.2. The van der Waals surface area contributed by atoms with Crippen molar-refractivity contribution in [2.24, 2.45) is 11.7 Å². The number of anilines is 1. The van der Waals surface area contributed by atoms with E-state index < -0.39 is 11.8 Å². The molecule has 4 nitrogen and oxygen atoms in total. The van der Waals surface area contributed by atoms with Crippen molar-refractivity contribution in [3.05, 3.63) is 30.3 Å². The van der Waals surface area contributed by atoms with Crippen molar-refractivity contribution in [1.29, 1.82) is 0 Å². The molecule has 0 aliphatic heterocycles. The Bertz CT molecular complexity index is 363. The highest BCUT2D eigenvalue weighted by Crippen LogP contribution is 2.11. The number of rotatable bonds is 5. The molecule has 1 aromatic rings. The van der Waals surface area contributed by atoms with Gasteiger partial charge in [-0.15, -0.1) is 0 Å². The van der Waals surface area contributed by atoms with Crippen LogP contribution in [0.2, 0.25) is 0 Å². The first-order chi connectivity index (χ1) is 7.65. The maximum absolute atomic E-state index is 11.7. The number of hydrogen-bond acceptors (Lipinski definition) is 2. The van der Waals surface area contributed by atoms with Gasteiger partial charge in [0.1, 0.15) is 5.92 Å². The minimum absolute atomic E-state index is 0.333. The average molecular weight is 220 g/mol. The molecule has 0 bridgehead atoms. The molecular weight excluding hydrogens is 204 g/mol. The van der Waals surface area contributed by atoms with Gasteiger partial charge < -0.3 is 11.1 Å². The Hall–Kier alpha value is -1.84. The maximum atomic E-state index is 11.7. The van der Waals surface area contributed by atoms with E-state index in [0.717, 1.165) is 6.42 Å². The lowest BCUT2D eigenvalue weighted by Gasteiger charge is -2.12. The fourth-order valence-electron chi connectivity index (χ4n) is 1.44. The molecule has 1 atom stereocenters. The molecule has 1 unspecified atom stereocenters. The van der Waals surface area contributed by atoms with Crippen LogP contribution in [0.4, 0.5) is 5.69 Å². The normalized spacial score (nSPS) is 11.8. The number of primary amides is 1. The SMILES string of the molecule is CCCC(C(N)=O)C(=O)Nc1ccccc1. The van der Waals surface area contributed by atoms with Crippen LogP contribution in [-0.4, -0.2) is 11.8 Å². The molecule has 0 aliphatic carbocycles. The molecule has 0 aliphatic rings. The van der Waals surface area contributed by atoms with E-state index in [2.05, 4.69) is 5.32 Å². The number of nitrogens with two attached hydrogens (primary N) is 1. The van der Waals surface area contributed by atoms with E-state index >= 15 is 0 Å². The van der Waals surface area contributed by atoms with Gasteiger partial charge in [-0.2, -0.15) is 0 Å². The summed E-state index contributed by atoms with van der Waals surface area (Å²) < 4.78 is 0. The van der Waals surface area contributed by atoms with Crippen molar-refractivity contribution in [1.82, 2.24) is 0 Å². The molecule has 0 saturated heterocycles. The average Bonchev–Trinajstić information content (AvgIpc) is 2.26. The first kappa shape index (κ1) is 12.2. The summed E-state index contributed by atoms with van der Waals surface area (Å²) in [6.45, 7) is 1.91. The molecule has 0 heterocycles. The van der Waals surface area contributed by atoms with Gasteiger partial charge in [0, 0.05) is 5.69 Å². The van der Waals surface area contributed by atoms with Crippen LogP contribution < -0.4 is 11.1 Å².